The van der Waals surface area contributed by atoms with E-state index in [2.05, 4.69) is 51.2 Å². The second-order valence-electron chi connectivity index (χ2n) is 6.91. The molecular weight excluding hydrogens is 316 g/mol. The van der Waals surface area contributed by atoms with Gasteiger partial charge in [-0.15, -0.1) is 0 Å². The molecule has 0 aliphatic carbocycles. The minimum absolute atomic E-state index is 0.136. The summed E-state index contributed by atoms with van der Waals surface area (Å²) in [4.78, 5) is 19.1. The second kappa shape index (κ2) is 9.17. The lowest BCUT2D eigenvalue weighted by atomic mass is 10.2. The molecule has 0 bridgehead atoms. The predicted octanol–water partition coefficient (Wildman–Crippen LogP) is 0.565. The Morgan fingerprint density at radius 1 is 1.08 bits per heavy atom. The highest BCUT2D eigenvalue weighted by Crippen LogP contribution is 2.17. The van der Waals surface area contributed by atoms with Crippen LogP contribution < -0.4 is 10.2 Å². The van der Waals surface area contributed by atoms with Crippen molar-refractivity contribution in [2.45, 2.75) is 6.92 Å². The zero-order chi connectivity index (χ0) is 17.5. The van der Waals surface area contributed by atoms with Crippen molar-refractivity contribution in [2.75, 3.05) is 77.0 Å². The van der Waals surface area contributed by atoms with Crippen molar-refractivity contribution in [1.82, 2.24) is 15.1 Å². The van der Waals surface area contributed by atoms with E-state index in [1.54, 1.807) is 0 Å². The number of nitrogens with zero attached hydrogens (tertiary/aromatic N) is 3. The molecule has 1 amide bonds. The largest absolute Gasteiger partial charge is 0.379 e. The Morgan fingerprint density at radius 2 is 1.84 bits per heavy atom. The average molecular weight is 346 g/mol. The summed E-state index contributed by atoms with van der Waals surface area (Å²) in [5.41, 5.74) is 2.58. The first kappa shape index (κ1) is 18.2. The van der Waals surface area contributed by atoms with Gasteiger partial charge < -0.3 is 15.0 Å². The van der Waals surface area contributed by atoms with Crippen LogP contribution in [0.3, 0.4) is 0 Å². The van der Waals surface area contributed by atoms with Crippen molar-refractivity contribution in [3.8, 4) is 0 Å². The number of nitrogens with one attached hydrogen (secondary N) is 1. The van der Waals surface area contributed by atoms with Crippen LogP contribution in [0.1, 0.15) is 5.56 Å². The van der Waals surface area contributed by atoms with Crippen molar-refractivity contribution in [1.29, 1.82) is 0 Å². The fourth-order valence-electron chi connectivity index (χ4n) is 3.43. The quantitative estimate of drug-likeness (QED) is 0.816. The first-order valence-corrected chi connectivity index (χ1v) is 9.31. The number of aryl methyl sites for hydroxylation is 1. The SMILES string of the molecule is Cc1cccc(N2CCN(CC(=O)NCCN3CCOCC3)CC2)c1. The van der Waals surface area contributed by atoms with E-state index in [0.29, 0.717) is 6.54 Å². The number of amides is 1. The van der Waals surface area contributed by atoms with Crippen LogP contribution in [-0.2, 0) is 9.53 Å². The Balaban J connectivity index is 1.33. The minimum Gasteiger partial charge on any atom is -0.379 e. The Labute approximate surface area is 150 Å². The van der Waals surface area contributed by atoms with Gasteiger partial charge >= 0.3 is 0 Å². The molecule has 1 N–H and O–H groups in total. The summed E-state index contributed by atoms with van der Waals surface area (Å²) in [5, 5.41) is 3.05. The third kappa shape index (κ3) is 5.70. The van der Waals surface area contributed by atoms with Gasteiger partial charge in [0, 0.05) is 58.0 Å². The lowest BCUT2D eigenvalue weighted by Crippen LogP contribution is -2.50. The maximum absolute atomic E-state index is 12.1. The van der Waals surface area contributed by atoms with Crippen molar-refractivity contribution in [3.63, 3.8) is 0 Å². The second-order valence-corrected chi connectivity index (χ2v) is 6.91. The number of anilines is 1. The maximum atomic E-state index is 12.1. The zero-order valence-corrected chi connectivity index (χ0v) is 15.2. The van der Waals surface area contributed by atoms with Crippen LogP contribution in [0.5, 0.6) is 0 Å². The molecule has 3 rings (SSSR count). The number of ether oxygens (including phenoxy) is 1. The van der Waals surface area contributed by atoms with E-state index in [-0.39, 0.29) is 5.91 Å². The summed E-state index contributed by atoms with van der Waals surface area (Å²) in [7, 11) is 0. The van der Waals surface area contributed by atoms with Crippen LogP contribution >= 0.6 is 0 Å². The summed E-state index contributed by atoms with van der Waals surface area (Å²) in [5.74, 6) is 0.136. The predicted molar refractivity (Wildman–Crippen MR) is 100 cm³/mol. The summed E-state index contributed by atoms with van der Waals surface area (Å²) in [6, 6.07) is 8.63. The molecule has 2 heterocycles. The molecule has 0 saturated carbocycles. The molecule has 0 unspecified atom stereocenters. The number of carbonyl (C=O) groups is 1. The molecule has 0 radical (unpaired) electrons. The van der Waals surface area contributed by atoms with Gasteiger partial charge in [-0.2, -0.15) is 0 Å². The van der Waals surface area contributed by atoms with E-state index in [1.165, 1.54) is 11.3 Å². The number of hydrogen-bond acceptors (Lipinski definition) is 5. The van der Waals surface area contributed by atoms with Crippen molar-refractivity contribution in [3.05, 3.63) is 29.8 Å². The Bertz CT molecular complexity index is 552. The molecular formula is C19H30N4O2. The number of piperazine rings is 1. The molecule has 1 aromatic carbocycles. The molecule has 0 aromatic heterocycles. The molecule has 6 heteroatoms. The van der Waals surface area contributed by atoms with Crippen molar-refractivity contribution < 1.29 is 9.53 Å². The molecule has 0 spiro atoms. The van der Waals surface area contributed by atoms with Gasteiger partial charge in [0.25, 0.3) is 0 Å². The van der Waals surface area contributed by atoms with Gasteiger partial charge in [-0.25, -0.2) is 0 Å². The molecule has 2 saturated heterocycles. The molecule has 1 aromatic rings. The molecule has 0 atom stereocenters. The highest BCUT2D eigenvalue weighted by molar-refractivity contribution is 5.78. The Kier molecular flexibility index (Phi) is 6.67. The standard InChI is InChI=1S/C19H30N4O2/c1-17-3-2-4-18(15-17)23-9-7-22(8-10-23)16-19(24)20-5-6-21-11-13-25-14-12-21/h2-4,15H,5-14,16H2,1H3,(H,20,24). The molecule has 2 aliphatic rings. The average Bonchev–Trinajstić information content (AvgIpc) is 2.63. The monoisotopic (exact) mass is 346 g/mol. The van der Waals surface area contributed by atoms with Crippen LogP contribution in [-0.4, -0.2) is 87.8 Å². The summed E-state index contributed by atoms with van der Waals surface area (Å²) < 4.78 is 5.34. The van der Waals surface area contributed by atoms with Crippen LogP contribution in [0.2, 0.25) is 0 Å². The third-order valence-electron chi connectivity index (χ3n) is 4.96. The lowest BCUT2D eigenvalue weighted by Gasteiger charge is -2.36. The van der Waals surface area contributed by atoms with Gasteiger partial charge in [0.15, 0.2) is 0 Å². The molecule has 138 valence electrons. The number of carbonyl (C=O) groups excluding carboxylic acids is 1. The van der Waals surface area contributed by atoms with Gasteiger partial charge in [0.05, 0.1) is 19.8 Å². The molecule has 2 fully saturated rings. The normalized spacial score (nSPS) is 19.8. The van der Waals surface area contributed by atoms with E-state index in [4.69, 9.17) is 4.74 Å². The molecule has 25 heavy (non-hydrogen) atoms. The Hall–Kier alpha value is -1.63. The lowest BCUT2D eigenvalue weighted by molar-refractivity contribution is -0.122. The van der Waals surface area contributed by atoms with E-state index >= 15 is 0 Å². The molecule has 2 aliphatic heterocycles. The maximum Gasteiger partial charge on any atom is 0.234 e. The first-order chi connectivity index (χ1) is 12.2. The highest BCUT2D eigenvalue weighted by atomic mass is 16.5. The van der Waals surface area contributed by atoms with Gasteiger partial charge in [-0.1, -0.05) is 12.1 Å². The van der Waals surface area contributed by atoms with E-state index in [1.807, 2.05) is 0 Å². The zero-order valence-electron chi connectivity index (χ0n) is 15.2. The van der Waals surface area contributed by atoms with Crippen LogP contribution in [0.4, 0.5) is 5.69 Å². The summed E-state index contributed by atoms with van der Waals surface area (Å²) >= 11 is 0. The number of morpholine rings is 1. The van der Waals surface area contributed by atoms with Gasteiger partial charge in [-0.3, -0.25) is 14.6 Å². The topological polar surface area (TPSA) is 48.0 Å². The highest BCUT2D eigenvalue weighted by Gasteiger charge is 2.19. The van der Waals surface area contributed by atoms with E-state index < -0.39 is 0 Å². The Morgan fingerprint density at radius 3 is 2.56 bits per heavy atom. The number of rotatable bonds is 6. The number of hydrogen-bond donors (Lipinski definition) is 1. The van der Waals surface area contributed by atoms with E-state index in [9.17, 15) is 4.79 Å². The minimum atomic E-state index is 0.136. The van der Waals surface area contributed by atoms with E-state index in [0.717, 1.165) is 65.6 Å². The van der Waals surface area contributed by atoms with Crippen molar-refractivity contribution in [2.24, 2.45) is 0 Å². The third-order valence-corrected chi connectivity index (χ3v) is 4.96. The van der Waals surface area contributed by atoms with Crippen molar-refractivity contribution >= 4 is 11.6 Å². The fourth-order valence-corrected chi connectivity index (χ4v) is 3.43. The first-order valence-electron chi connectivity index (χ1n) is 9.31. The van der Waals surface area contributed by atoms with Crippen LogP contribution in [0.25, 0.3) is 0 Å². The van der Waals surface area contributed by atoms with Crippen LogP contribution in [0, 0.1) is 6.92 Å². The van der Waals surface area contributed by atoms with Crippen LogP contribution in [0.15, 0.2) is 24.3 Å². The number of benzene rings is 1. The van der Waals surface area contributed by atoms with Gasteiger partial charge in [0.2, 0.25) is 5.91 Å². The summed E-state index contributed by atoms with van der Waals surface area (Å²) in [6.45, 7) is 11.6. The van der Waals surface area contributed by atoms with Gasteiger partial charge in [-0.05, 0) is 24.6 Å². The summed E-state index contributed by atoms with van der Waals surface area (Å²) in [6.07, 6.45) is 0. The smallest absolute Gasteiger partial charge is 0.234 e. The molecule has 6 nitrogen and oxygen atoms in total. The fraction of sp³-hybridized carbons (Fsp3) is 0.632. The van der Waals surface area contributed by atoms with Gasteiger partial charge in [0.1, 0.15) is 0 Å².